The molecule has 0 spiro atoms. The van der Waals surface area contributed by atoms with Crippen molar-refractivity contribution in [2.45, 2.75) is 37.3 Å². The summed E-state index contributed by atoms with van der Waals surface area (Å²) in [7, 11) is 0. The SMILES string of the molecule is Fc1ncc(C23CCC(CC2)N3)cc1-c1ccnnc1. The molecule has 20 heavy (non-hydrogen) atoms. The van der Waals surface area contributed by atoms with Crippen molar-refractivity contribution in [2.24, 2.45) is 0 Å². The van der Waals surface area contributed by atoms with Crippen molar-refractivity contribution in [3.8, 4) is 11.1 Å². The van der Waals surface area contributed by atoms with Gasteiger partial charge < -0.3 is 5.32 Å². The molecule has 1 N–H and O–H groups in total. The third-order valence-electron chi connectivity index (χ3n) is 4.61. The minimum atomic E-state index is -0.453. The summed E-state index contributed by atoms with van der Waals surface area (Å²) in [5, 5.41) is 11.2. The largest absolute Gasteiger partial charge is 0.305 e. The van der Waals surface area contributed by atoms with Gasteiger partial charge in [0.1, 0.15) is 0 Å². The Morgan fingerprint density at radius 3 is 2.70 bits per heavy atom. The zero-order chi connectivity index (χ0) is 13.6. The smallest absolute Gasteiger partial charge is 0.220 e. The fourth-order valence-electron chi connectivity index (χ4n) is 3.52. The number of pyridine rings is 1. The van der Waals surface area contributed by atoms with Gasteiger partial charge in [0.25, 0.3) is 0 Å². The van der Waals surface area contributed by atoms with Crippen LogP contribution in [-0.2, 0) is 5.54 Å². The molecular formula is C15H15FN4. The van der Waals surface area contributed by atoms with Crippen LogP contribution in [-0.4, -0.2) is 21.2 Å². The quantitative estimate of drug-likeness (QED) is 0.851. The van der Waals surface area contributed by atoms with Crippen molar-refractivity contribution in [3.63, 3.8) is 0 Å². The number of nitrogens with zero attached hydrogens (tertiary/aromatic N) is 3. The lowest BCUT2D eigenvalue weighted by Crippen LogP contribution is -2.33. The Morgan fingerprint density at radius 2 is 2.05 bits per heavy atom. The summed E-state index contributed by atoms with van der Waals surface area (Å²) in [6.45, 7) is 0. The first-order valence-corrected chi connectivity index (χ1v) is 6.98. The van der Waals surface area contributed by atoms with Gasteiger partial charge in [-0.1, -0.05) is 0 Å². The number of nitrogens with one attached hydrogen (secondary N) is 1. The lowest BCUT2D eigenvalue weighted by atomic mass is 9.82. The standard InChI is InChI=1S/C15H15FN4/c16-14-13(10-3-6-18-19-8-10)7-11(9-17-14)15-4-1-12(20-15)2-5-15/h3,6-9,12,20H,1-2,4-5H2. The van der Waals surface area contributed by atoms with Gasteiger partial charge in [0.05, 0.1) is 12.4 Å². The van der Waals surface area contributed by atoms with E-state index in [1.807, 2.05) is 6.07 Å². The molecular weight excluding hydrogens is 255 g/mol. The van der Waals surface area contributed by atoms with Crippen LogP contribution in [0.4, 0.5) is 4.39 Å². The number of fused-ring (bicyclic) bond motifs is 2. The molecule has 0 saturated carbocycles. The Hall–Kier alpha value is -1.88. The van der Waals surface area contributed by atoms with Crippen molar-refractivity contribution in [3.05, 3.63) is 42.2 Å². The van der Waals surface area contributed by atoms with E-state index in [0.717, 1.165) is 24.0 Å². The van der Waals surface area contributed by atoms with E-state index in [4.69, 9.17) is 0 Å². The minimum absolute atomic E-state index is 0.000571. The van der Waals surface area contributed by atoms with Gasteiger partial charge in [-0.15, -0.1) is 0 Å². The van der Waals surface area contributed by atoms with Gasteiger partial charge in [-0.25, -0.2) is 4.98 Å². The first-order valence-electron chi connectivity index (χ1n) is 6.98. The number of halogens is 1. The third kappa shape index (κ3) is 1.73. The monoisotopic (exact) mass is 270 g/mol. The maximum absolute atomic E-state index is 14.0. The highest BCUT2D eigenvalue weighted by Gasteiger charge is 2.45. The van der Waals surface area contributed by atoms with Crippen LogP contribution in [0.3, 0.4) is 0 Å². The molecule has 2 bridgehead atoms. The van der Waals surface area contributed by atoms with Crippen molar-refractivity contribution in [1.82, 2.24) is 20.5 Å². The zero-order valence-corrected chi connectivity index (χ0v) is 11.0. The van der Waals surface area contributed by atoms with Crippen LogP contribution >= 0.6 is 0 Å². The maximum Gasteiger partial charge on any atom is 0.220 e. The molecule has 2 aliphatic rings. The van der Waals surface area contributed by atoms with E-state index in [1.165, 1.54) is 12.8 Å². The lowest BCUT2D eigenvalue weighted by Gasteiger charge is -2.26. The predicted molar refractivity (Wildman–Crippen MR) is 72.3 cm³/mol. The maximum atomic E-state index is 14.0. The fourth-order valence-corrected chi connectivity index (χ4v) is 3.52. The second kappa shape index (κ2) is 4.31. The van der Waals surface area contributed by atoms with E-state index in [2.05, 4.69) is 20.5 Å². The van der Waals surface area contributed by atoms with Gasteiger partial charge in [0, 0.05) is 28.9 Å². The highest BCUT2D eigenvalue weighted by Crippen LogP contribution is 2.45. The van der Waals surface area contributed by atoms with E-state index in [0.29, 0.717) is 11.6 Å². The summed E-state index contributed by atoms with van der Waals surface area (Å²) in [6, 6.07) is 4.29. The Morgan fingerprint density at radius 1 is 1.20 bits per heavy atom. The topological polar surface area (TPSA) is 50.7 Å². The van der Waals surface area contributed by atoms with Crippen LogP contribution in [0.25, 0.3) is 11.1 Å². The highest BCUT2D eigenvalue weighted by atomic mass is 19.1. The number of rotatable bonds is 2. The fraction of sp³-hybridized carbons (Fsp3) is 0.400. The predicted octanol–water partition coefficient (Wildman–Crippen LogP) is 2.42. The van der Waals surface area contributed by atoms with Crippen LogP contribution in [0.15, 0.2) is 30.7 Å². The average molecular weight is 270 g/mol. The molecule has 0 atom stereocenters. The van der Waals surface area contributed by atoms with Crippen molar-refractivity contribution in [2.75, 3.05) is 0 Å². The molecule has 0 unspecified atom stereocenters. The molecule has 4 heterocycles. The zero-order valence-electron chi connectivity index (χ0n) is 11.0. The average Bonchev–Trinajstić information content (AvgIpc) is 3.10. The Balaban J connectivity index is 1.80. The molecule has 0 amide bonds. The summed E-state index contributed by atoms with van der Waals surface area (Å²) >= 11 is 0. The third-order valence-corrected chi connectivity index (χ3v) is 4.61. The van der Waals surface area contributed by atoms with Gasteiger partial charge in [0.2, 0.25) is 5.95 Å². The van der Waals surface area contributed by atoms with Gasteiger partial charge in [0.15, 0.2) is 0 Å². The van der Waals surface area contributed by atoms with Crippen LogP contribution in [0, 0.1) is 5.95 Å². The van der Waals surface area contributed by atoms with E-state index in [9.17, 15) is 4.39 Å². The first kappa shape index (κ1) is 11.9. The van der Waals surface area contributed by atoms with Gasteiger partial charge in [-0.05, 0) is 43.4 Å². The summed E-state index contributed by atoms with van der Waals surface area (Å²) in [4.78, 5) is 3.96. The molecule has 0 aromatic carbocycles. The first-order chi connectivity index (χ1) is 9.77. The summed E-state index contributed by atoms with van der Waals surface area (Å²) in [5.41, 5.74) is 2.31. The molecule has 2 saturated heterocycles. The van der Waals surface area contributed by atoms with E-state index in [-0.39, 0.29) is 5.54 Å². The van der Waals surface area contributed by atoms with Gasteiger partial charge in [-0.2, -0.15) is 14.6 Å². The molecule has 2 aliphatic heterocycles. The Bertz CT molecular complexity index is 636. The molecule has 2 aromatic rings. The molecule has 2 aromatic heterocycles. The summed E-state index contributed by atoms with van der Waals surface area (Å²) in [6.07, 6.45) is 9.43. The van der Waals surface area contributed by atoms with E-state index >= 15 is 0 Å². The molecule has 5 heteroatoms. The van der Waals surface area contributed by atoms with E-state index < -0.39 is 5.95 Å². The molecule has 2 fully saturated rings. The molecule has 0 aliphatic carbocycles. The van der Waals surface area contributed by atoms with Gasteiger partial charge >= 0.3 is 0 Å². The van der Waals surface area contributed by atoms with Crippen LogP contribution in [0.1, 0.15) is 31.2 Å². The second-order valence-corrected chi connectivity index (χ2v) is 5.69. The molecule has 4 rings (SSSR count). The minimum Gasteiger partial charge on any atom is -0.305 e. The normalized spacial score (nSPS) is 27.9. The molecule has 0 radical (unpaired) electrons. The lowest BCUT2D eigenvalue weighted by molar-refractivity contribution is 0.398. The second-order valence-electron chi connectivity index (χ2n) is 5.69. The van der Waals surface area contributed by atoms with E-state index in [1.54, 1.807) is 24.7 Å². The highest BCUT2D eigenvalue weighted by molar-refractivity contribution is 5.62. The van der Waals surface area contributed by atoms with Crippen molar-refractivity contribution >= 4 is 0 Å². The van der Waals surface area contributed by atoms with Crippen molar-refractivity contribution < 1.29 is 4.39 Å². The number of hydrogen-bond acceptors (Lipinski definition) is 4. The summed E-state index contributed by atoms with van der Waals surface area (Å²) < 4.78 is 14.0. The van der Waals surface area contributed by atoms with Crippen LogP contribution < -0.4 is 5.32 Å². The van der Waals surface area contributed by atoms with Crippen molar-refractivity contribution in [1.29, 1.82) is 0 Å². The summed E-state index contributed by atoms with van der Waals surface area (Å²) in [5.74, 6) is -0.453. The number of hydrogen-bond donors (Lipinski definition) is 1. The molecule has 102 valence electrons. The number of aromatic nitrogens is 3. The van der Waals surface area contributed by atoms with Crippen LogP contribution in [0.5, 0.6) is 0 Å². The Kier molecular flexibility index (Phi) is 2.57. The van der Waals surface area contributed by atoms with Gasteiger partial charge in [-0.3, -0.25) is 0 Å². The van der Waals surface area contributed by atoms with Crippen LogP contribution in [0.2, 0.25) is 0 Å². The molecule has 4 nitrogen and oxygen atoms in total. The Labute approximate surface area is 116 Å².